The summed E-state index contributed by atoms with van der Waals surface area (Å²) < 4.78 is 0. The highest BCUT2D eigenvalue weighted by atomic mass is 15.1. The number of nitrogen functional groups attached to an aromatic ring is 1. The standard InChI is InChI=1S/C14H24N2/c1-11(2)6-5-9-16(4)14-8-7-12(3)10-13(14)15/h7-8,10-11H,5-6,9,15H2,1-4H3. The molecule has 0 aliphatic carbocycles. The van der Waals surface area contributed by atoms with Crippen molar-refractivity contribution in [2.24, 2.45) is 5.92 Å². The third-order valence-electron chi connectivity index (χ3n) is 2.87. The van der Waals surface area contributed by atoms with Crippen LogP contribution in [0.1, 0.15) is 32.3 Å². The maximum absolute atomic E-state index is 6.01. The topological polar surface area (TPSA) is 29.3 Å². The van der Waals surface area contributed by atoms with Gasteiger partial charge < -0.3 is 10.6 Å². The Bertz CT molecular complexity index is 332. The molecule has 0 aliphatic rings. The lowest BCUT2D eigenvalue weighted by molar-refractivity contribution is 0.556. The first kappa shape index (κ1) is 12.9. The first-order chi connectivity index (χ1) is 7.50. The lowest BCUT2D eigenvalue weighted by Crippen LogP contribution is -2.20. The number of benzene rings is 1. The average molecular weight is 220 g/mol. The molecule has 0 unspecified atom stereocenters. The molecule has 1 rings (SSSR count). The highest BCUT2D eigenvalue weighted by Gasteiger charge is 2.05. The number of nitrogens with zero attached hydrogens (tertiary/aromatic N) is 1. The molecule has 0 aliphatic heterocycles. The highest BCUT2D eigenvalue weighted by Crippen LogP contribution is 2.23. The normalized spacial score (nSPS) is 10.8. The minimum absolute atomic E-state index is 0.781. The van der Waals surface area contributed by atoms with Crippen molar-refractivity contribution in [2.75, 3.05) is 24.2 Å². The van der Waals surface area contributed by atoms with Gasteiger partial charge in [-0.1, -0.05) is 19.9 Å². The van der Waals surface area contributed by atoms with Gasteiger partial charge in [-0.3, -0.25) is 0 Å². The van der Waals surface area contributed by atoms with Gasteiger partial charge in [0, 0.05) is 13.6 Å². The predicted octanol–water partition coefficient (Wildman–Crippen LogP) is 3.45. The van der Waals surface area contributed by atoms with Gasteiger partial charge in [0.25, 0.3) is 0 Å². The molecule has 2 nitrogen and oxygen atoms in total. The van der Waals surface area contributed by atoms with Crippen LogP contribution in [0, 0.1) is 12.8 Å². The smallest absolute Gasteiger partial charge is 0.0597 e. The molecule has 0 heterocycles. The molecule has 1 aromatic carbocycles. The van der Waals surface area contributed by atoms with E-state index in [1.54, 1.807) is 0 Å². The van der Waals surface area contributed by atoms with E-state index >= 15 is 0 Å². The Hall–Kier alpha value is -1.18. The van der Waals surface area contributed by atoms with Crippen molar-refractivity contribution in [2.45, 2.75) is 33.6 Å². The van der Waals surface area contributed by atoms with E-state index in [1.807, 2.05) is 6.07 Å². The molecule has 0 saturated carbocycles. The molecule has 0 bridgehead atoms. The number of hydrogen-bond acceptors (Lipinski definition) is 2. The number of anilines is 2. The van der Waals surface area contributed by atoms with E-state index in [-0.39, 0.29) is 0 Å². The average Bonchev–Trinajstić information content (AvgIpc) is 2.16. The van der Waals surface area contributed by atoms with Crippen LogP contribution in [0.4, 0.5) is 11.4 Å². The molecule has 0 spiro atoms. The van der Waals surface area contributed by atoms with Crippen molar-refractivity contribution in [3.05, 3.63) is 23.8 Å². The molecule has 90 valence electrons. The van der Waals surface area contributed by atoms with Crippen LogP contribution in [0.3, 0.4) is 0 Å². The van der Waals surface area contributed by atoms with E-state index in [0.29, 0.717) is 0 Å². The van der Waals surface area contributed by atoms with Crippen LogP contribution in [0.25, 0.3) is 0 Å². The van der Waals surface area contributed by atoms with Gasteiger partial charge in [0.1, 0.15) is 0 Å². The van der Waals surface area contributed by atoms with Gasteiger partial charge in [0.05, 0.1) is 11.4 Å². The van der Waals surface area contributed by atoms with Crippen molar-refractivity contribution < 1.29 is 0 Å². The van der Waals surface area contributed by atoms with Crippen molar-refractivity contribution in [1.29, 1.82) is 0 Å². The maximum Gasteiger partial charge on any atom is 0.0597 e. The van der Waals surface area contributed by atoms with Crippen molar-refractivity contribution in [3.63, 3.8) is 0 Å². The minimum Gasteiger partial charge on any atom is -0.397 e. The van der Waals surface area contributed by atoms with E-state index in [2.05, 4.69) is 44.9 Å². The minimum atomic E-state index is 0.781. The Kier molecular flexibility index (Phi) is 4.66. The molecule has 2 N–H and O–H groups in total. The summed E-state index contributed by atoms with van der Waals surface area (Å²) in [6.07, 6.45) is 2.50. The van der Waals surface area contributed by atoms with E-state index in [9.17, 15) is 0 Å². The summed E-state index contributed by atoms with van der Waals surface area (Å²) in [5.74, 6) is 0.781. The highest BCUT2D eigenvalue weighted by molar-refractivity contribution is 5.68. The Labute approximate surface area is 99.5 Å². The Balaban J connectivity index is 2.55. The summed E-state index contributed by atoms with van der Waals surface area (Å²) in [5, 5.41) is 0. The molecule has 2 heteroatoms. The molecule has 1 aromatic rings. The quantitative estimate of drug-likeness (QED) is 0.770. The van der Waals surface area contributed by atoms with Crippen molar-refractivity contribution >= 4 is 11.4 Å². The van der Waals surface area contributed by atoms with Gasteiger partial charge in [-0.25, -0.2) is 0 Å². The third kappa shape index (κ3) is 3.76. The molecule has 0 aromatic heterocycles. The van der Waals surface area contributed by atoms with Gasteiger partial charge >= 0.3 is 0 Å². The molecule has 0 radical (unpaired) electrons. The van der Waals surface area contributed by atoms with Gasteiger partial charge in [0.15, 0.2) is 0 Å². The molecule has 0 amide bonds. The van der Waals surface area contributed by atoms with Crippen LogP contribution in [0.15, 0.2) is 18.2 Å². The zero-order chi connectivity index (χ0) is 12.1. The molecule has 0 fully saturated rings. The van der Waals surface area contributed by atoms with Crippen LogP contribution in [0.5, 0.6) is 0 Å². The number of hydrogen-bond donors (Lipinski definition) is 1. The number of nitrogens with two attached hydrogens (primary N) is 1. The first-order valence-electron chi connectivity index (χ1n) is 6.08. The van der Waals surface area contributed by atoms with Crippen LogP contribution in [-0.2, 0) is 0 Å². The van der Waals surface area contributed by atoms with E-state index < -0.39 is 0 Å². The Morgan fingerprint density at radius 2 is 2.00 bits per heavy atom. The summed E-state index contributed by atoms with van der Waals surface area (Å²) in [5.41, 5.74) is 9.26. The fraction of sp³-hybridized carbons (Fsp3) is 0.571. The lowest BCUT2D eigenvalue weighted by atomic mass is 10.1. The van der Waals surface area contributed by atoms with Crippen LogP contribution >= 0.6 is 0 Å². The second-order valence-corrected chi connectivity index (χ2v) is 5.02. The van der Waals surface area contributed by atoms with Gasteiger partial charge in [-0.05, 0) is 43.4 Å². The SMILES string of the molecule is Cc1ccc(N(C)CCCC(C)C)c(N)c1. The molecular formula is C14H24N2. The van der Waals surface area contributed by atoms with Gasteiger partial charge in [-0.2, -0.15) is 0 Å². The number of aryl methyl sites for hydroxylation is 1. The summed E-state index contributed by atoms with van der Waals surface area (Å²) in [6.45, 7) is 7.67. The maximum atomic E-state index is 6.01. The molecule has 0 atom stereocenters. The molecule has 16 heavy (non-hydrogen) atoms. The van der Waals surface area contributed by atoms with E-state index in [0.717, 1.165) is 23.8 Å². The van der Waals surface area contributed by atoms with Crippen molar-refractivity contribution in [3.8, 4) is 0 Å². The lowest BCUT2D eigenvalue weighted by Gasteiger charge is -2.21. The first-order valence-corrected chi connectivity index (χ1v) is 6.08. The Morgan fingerprint density at radius 1 is 1.31 bits per heavy atom. The summed E-state index contributed by atoms with van der Waals surface area (Å²) in [6, 6.07) is 6.26. The second kappa shape index (κ2) is 5.78. The van der Waals surface area contributed by atoms with Crippen LogP contribution in [0.2, 0.25) is 0 Å². The summed E-state index contributed by atoms with van der Waals surface area (Å²) >= 11 is 0. The number of rotatable bonds is 5. The zero-order valence-electron chi connectivity index (χ0n) is 11.0. The van der Waals surface area contributed by atoms with Crippen molar-refractivity contribution in [1.82, 2.24) is 0 Å². The van der Waals surface area contributed by atoms with Crippen LogP contribution < -0.4 is 10.6 Å². The monoisotopic (exact) mass is 220 g/mol. The van der Waals surface area contributed by atoms with Gasteiger partial charge in [-0.15, -0.1) is 0 Å². The van der Waals surface area contributed by atoms with E-state index in [4.69, 9.17) is 5.73 Å². The predicted molar refractivity (Wildman–Crippen MR) is 72.9 cm³/mol. The molecule has 0 saturated heterocycles. The Morgan fingerprint density at radius 3 is 2.56 bits per heavy atom. The fourth-order valence-electron chi connectivity index (χ4n) is 1.88. The zero-order valence-corrected chi connectivity index (χ0v) is 11.0. The second-order valence-electron chi connectivity index (χ2n) is 5.02. The largest absolute Gasteiger partial charge is 0.397 e. The summed E-state index contributed by atoms with van der Waals surface area (Å²) in [4.78, 5) is 2.25. The third-order valence-corrected chi connectivity index (χ3v) is 2.87. The van der Waals surface area contributed by atoms with Crippen LogP contribution in [-0.4, -0.2) is 13.6 Å². The van der Waals surface area contributed by atoms with E-state index in [1.165, 1.54) is 18.4 Å². The molecular weight excluding hydrogens is 196 g/mol. The van der Waals surface area contributed by atoms with Gasteiger partial charge in [0.2, 0.25) is 0 Å². The fourth-order valence-corrected chi connectivity index (χ4v) is 1.88. The summed E-state index contributed by atoms with van der Waals surface area (Å²) in [7, 11) is 2.11.